The van der Waals surface area contributed by atoms with Gasteiger partial charge in [-0.3, -0.25) is 9.59 Å². The highest BCUT2D eigenvalue weighted by Crippen LogP contribution is 2.26. The summed E-state index contributed by atoms with van der Waals surface area (Å²) in [5.41, 5.74) is 0.731. The maximum Gasteiger partial charge on any atom is 0.408 e. The van der Waals surface area contributed by atoms with Gasteiger partial charge in [0.2, 0.25) is 11.8 Å². The first-order chi connectivity index (χ1) is 20.1. The van der Waals surface area contributed by atoms with Crippen LogP contribution < -0.4 is 10.6 Å². The van der Waals surface area contributed by atoms with Crippen molar-refractivity contribution in [2.45, 2.75) is 110 Å². The molecule has 3 amide bonds. The van der Waals surface area contributed by atoms with E-state index >= 15 is 0 Å². The maximum absolute atomic E-state index is 14.5. The Morgan fingerprint density at radius 1 is 0.857 bits per heavy atom. The van der Waals surface area contributed by atoms with Crippen molar-refractivity contribution in [1.29, 1.82) is 0 Å². The predicted molar refractivity (Wildman–Crippen MR) is 167 cm³/mol. The minimum absolute atomic E-state index is 0.0758. The van der Waals surface area contributed by atoms with Gasteiger partial charge in [0.05, 0.1) is 0 Å². The molecule has 0 aliphatic heterocycles. The summed E-state index contributed by atoms with van der Waals surface area (Å²) < 4.78 is 5.52. The molecule has 2 aromatic carbocycles. The van der Waals surface area contributed by atoms with Gasteiger partial charge >= 0.3 is 6.09 Å². The van der Waals surface area contributed by atoms with Gasteiger partial charge in [0.25, 0.3) is 0 Å². The number of unbranched alkanes of at least 4 members (excludes halogenated alkanes) is 6. The molecule has 2 rings (SSSR count). The van der Waals surface area contributed by atoms with Crippen LogP contribution >= 0.6 is 0 Å². The molecule has 0 bridgehead atoms. The fourth-order valence-electron chi connectivity index (χ4n) is 4.76. The number of hydrogen-bond acceptors (Lipinski definition) is 5. The van der Waals surface area contributed by atoms with E-state index < -0.39 is 23.8 Å². The van der Waals surface area contributed by atoms with Crippen molar-refractivity contribution in [3.63, 3.8) is 0 Å². The minimum Gasteiger partial charge on any atom is -0.508 e. The molecule has 2 aromatic rings. The first-order valence-corrected chi connectivity index (χ1v) is 15.5. The second kappa shape index (κ2) is 18.1. The van der Waals surface area contributed by atoms with Crippen LogP contribution in [0.2, 0.25) is 0 Å². The van der Waals surface area contributed by atoms with E-state index in [1.807, 2.05) is 30.3 Å². The zero-order valence-electron chi connectivity index (χ0n) is 26.2. The molecular formula is C34H51N3O5. The molecule has 0 radical (unpaired) electrons. The van der Waals surface area contributed by atoms with Gasteiger partial charge in [0.1, 0.15) is 23.4 Å². The highest BCUT2D eigenvalue weighted by Gasteiger charge is 2.36. The molecule has 0 aliphatic rings. The van der Waals surface area contributed by atoms with Crippen molar-refractivity contribution < 1.29 is 24.2 Å². The Hall–Kier alpha value is -3.55. The van der Waals surface area contributed by atoms with Crippen LogP contribution in [0.15, 0.2) is 54.6 Å². The molecule has 0 spiro atoms. The van der Waals surface area contributed by atoms with Crippen molar-refractivity contribution in [3.05, 3.63) is 65.7 Å². The molecular weight excluding hydrogens is 530 g/mol. The van der Waals surface area contributed by atoms with Gasteiger partial charge in [-0.1, -0.05) is 94.8 Å². The summed E-state index contributed by atoms with van der Waals surface area (Å²) in [5, 5.41) is 15.8. The molecule has 3 N–H and O–H groups in total. The number of phenolic OH excluding ortho intramolecular Hbond substituents is 1. The van der Waals surface area contributed by atoms with E-state index in [1.54, 1.807) is 37.8 Å². The third-order valence-corrected chi connectivity index (χ3v) is 6.91. The number of rotatable bonds is 17. The number of nitrogens with zero attached hydrogens (tertiary/aromatic N) is 1. The Balaban J connectivity index is 2.49. The molecule has 0 aromatic heterocycles. The number of benzene rings is 2. The van der Waals surface area contributed by atoms with Gasteiger partial charge in [-0.25, -0.2) is 4.79 Å². The van der Waals surface area contributed by atoms with Crippen LogP contribution in [0.3, 0.4) is 0 Å². The lowest BCUT2D eigenvalue weighted by Gasteiger charge is -2.34. The number of alkyl carbamates (subject to hydrolysis) is 1. The third kappa shape index (κ3) is 12.5. The summed E-state index contributed by atoms with van der Waals surface area (Å²) in [7, 11) is 0. The number of carbonyl (C=O) groups excluding carboxylic acids is 3. The number of amides is 3. The van der Waals surface area contributed by atoms with E-state index in [0.29, 0.717) is 25.1 Å². The smallest absolute Gasteiger partial charge is 0.408 e. The summed E-state index contributed by atoms with van der Waals surface area (Å²) >= 11 is 0. The molecule has 0 saturated carbocycles. The SMILES string of the molecule is CCCCCCCN(C(=O)C(Cc1ccccc1)NC(=O)OC(C)(C)C)C(C(=O)NCCCCC)c1ccc(O)cc1. The predicted octanol–water partition coefficient (Wildman–Crippen LogP) is 6.67. The van der Waals surface area contributed by atoms with E-state index in [-0.39, 0.29) is 24.0 Å². The Morgan fingerprint density at radius 2 is 1.48 bits per heavy atom. The molecule has 2 atom stereocenters. The zero-order valence-corrected chi connectivity index (χ0v) is 26.2. The largest absolute Gasteiger partial charge is 0.508 e. The number of nitrogens with one attached hydrogen (secondary N) is 2. The average molecular weight is 582 g/mol. The first kappa shape index (κ1) is 34.7. The average Bonchev–Trinajstić information content (AvgIpc) is 2.94. The second-order valence-electron chi connectivity index (χ2n) is 11.8. The third-order valence-electron chi connectivity index (χ3n) is 6.91. The highest BCUT2D eigenvalue weighted by atomic mass is 16.6. The molecule has 0 fully saturated rings. The van der Waals surface area contributed by atoms with Gasteiger partial charge in [-0.15, -0.1) is 0 Å². The quantitative estimate of drug-likeness (QED) is 0.181. The lowest BCUT2D eigenvalue weighted by Crippen LogP contribution is -2.54. The van der Waals surface area contributed by atoms with E-state index in [0.717, 1.165) is 50.5 Å². The summed E-state index contributed by atoms with van der Waals surface area (Å²) in [5.74, 6) is -0.566. The van der Waals surface area contributed by atoms with Gasteiger partial charge in [0, 0.05) is 19.5 Å². The Kier molecular flexibility index (Phi) is 14.9. The summed E-state index contributed by atoms with van der Waals surface area (Å²) in [6.45, 7) is 10.4. The van der Waals surface area contributed by atoms with Crippen LogP contribution in [-0.2, 0) is 20.7 Å². The van der Waals surface area contributed by atoms with Crippen molar-refractivity contribution in [3.8, 4) is 5.75 Å². The minimum atomic E-state index is -0.953. The van der Waals surface area contributed by atoms with Crippen LogP contribution in [-0.4, -0.2) is 52.6 Å². The van der Waals surface area contributed by atoms with Crippen LogP contribution in [0, 0.1) is 0 Å². The van der Waals surface area contributed by atoms with Crippen molar-refractivity contribution in [1.82, 2.24) is 15.5 Å². The Morgan fingerprint density at radius 3 is 2.10 bits per heavy atom. The molecule has 232 valence electrons. The standard InChI is InChI=1S/C34H51N3O5/c1-6-8-10-11-16-24-37(30(27-19-21-28(38)22-20-27)31(39)35-23-15-9-7-2)32(40)29(25-26-17-13-12-14-18-26)36-33(41)42-34(3,4)5/h12-14,17-22,29-30,38H,6-11,15-16,23-25H2,1-5H3,(H,35,39)(H,36,41). The number of phenols is 1. The summed E-state index contributed by atoms with van der Waals surface area (Å²) in [6, 6.07) is 14.0. The second-order valence-corrected chi connectivity index (χ2v) is 11.8. The molecule has 0 aliphatic carbocycles. The van der Waals surface area contributed by atoms with Crippen LogP contribution in [0.4, 0.5) is 4.79 Å². The van der Waals surface area contributed by atoms with Gasteiger partial charge in [0.15, 0.2) is 0 Å². The number of aromatic hydroxyl groups is 1. The van der Waals surface area contributed by atoms with Crippen LogP contribution in [0.25, 0.3) is 0 Å². The Bertz CT molecular complexity index is 1080. The lowest BCUT2D eigenvalue weighted by molar-refractivity contribution is -0.142. The van der Waals surface area contributed by atoms with Crippen molar-refractivity contribution in [2.75, 3.05) is 13.1 Å². The molecule has 8 nitrogen and oxygen atoms in total. The van der Waals surface area contributed by atoms with E-state index in [9.17, 15) is 19.5 Å². The summed E-state index contributed by atoms with van der Waals surface area (Å²) in [6.07, 6.45) is 7.27. The van der Waals surface area contributed by atoms with Crippen molar-refractivity contribution >= 4 is 17.9 Å². The number of hydrogen-bond donors (Lipinski definition) is 3. The maximum atomic E-state index is 14.5. The fraction of sp³-hybridized carbons (Fsp3) is 0.559. The van der Waals surface area contributed by atoms with Gasteiger partial charge in [-0.2, -0.15) is 0 Å². The molecule has 2 unspecified atom stereocenters. The molecule has 0 saturated heterocycles. The molecule has 42 heavy (non-hydrogen) atoms. The highest BCUT2D eigenvalue weighted by molar-refractivity contribution is 5.92. The normalized spacial score (nSPS) is 12.7. The van der Waals surface area contributed by atoms with E-state index in [1.165, 1.54) is 12.1 Å². The topological polar surface area (TPSA) is 108 Å². The zero-order chi connectivity index (χ0) is 31.0. The number of ether oxygens (including phenoxy) is 1. The molecule has 8 heteroatoms. The summed E-state index contributed by atoms with van der Waals surface area (Å²) in [4.78, 5) is 42.8. The van der Waals surface area contributed by atoms with E-state index in [2.05, 4.69) is 24.5 Å². The number of carbonyl (C=O) groups is 3. The fourth-order valence-corrected chi connectivity index (χ4v) is 4.76. The van der Waals surface area contributed by atoms with Gasteiger partial charge in [-0.05, 0) is 56.9 Å². The molecule has 0 heterocycles. The van der Waals surface area contributed by atoms with E-state index in [4.69, 9.17) is 4.74 Å². The first-order valence-electron chi connectivity index (χ1n) is 15.5. The van der Waals surface area contributed by atoms with Crippen LogP contribution in [0.1, 0.15) is 103 Å². The van der Waals surface area contributed by atoms with Gasteiger partial charge < -0.3 is 25.4 Å². The van der Waals surface area contributed by atoms with Crippen LogP contribution in [0.5, 0.6) is 5.75 Å². The van der Waals surface area contributed by atoms with Crippen molar-refractivity contribution in [2.24, 2.45) is 0 Å². The monoisotopic (exact) mass is 581 g/mol. The Labute approximate surface area is 252 Å². The lowest BCUT2D eigenvalue weighted by atomic mass is 9.99.